The zero-order valence-electron chi connectivity index (χ0n) is 27.9. The van der Waals surface area contributed by atoms with E-state index in [1.807, 2.05) is 29.1 Å². The molecule has 7 rings (SSSR count). The van der Waals surface area contributed by atoms with E-state index in [0.29, 0.717) is 11.5 Å². The molecule has 0 bridgehead atoms. The molecule has 0 saturated heterocycles. The molecule has 0 aliphatic rings. The summed E-state index contributed by atoms with van der Waals surface area (Å²) >= 11 is 0. The summed E-state index contributed by atoms with van der Waals surface area (Å²) < 4.78 is 10.8. The minimum atomic E-state index is -0.117. The Morgan fingerprint density at radius 2 is 1.60 bits per heavy atom. The van der Waals surface area contributed by atoms with E-state index in [9.17, 15) is 0 Å². The summed E-state index contributed by atoms with van der Waals surface area (Å²) in [6.07, 6.45) is 2.83. The van der Waals surface area contributed by atoms with Gasteiger partial charge in [0.1, 0.15) is 5.82 Å². The summed E-state index contributed by atoms with van der Waals surface area (Å²) in [6, 6.07) is 36.8. The number of hydrogen-bond donors (Lipinski definition) is 0. The zero-order chi connectivity index (χ0) is 32.2. The summed E-state index contributed by atoms with van der Waals surface area (Å²) in [4.78, 5) is 4.75. The van der Waals surface area contributed by atoms with E-state index in [2.05, 4.69) is 132 Å². The van der Waals surface area contributed by atoms with Crippen molar-refractivity contribution < 1.29 is 25.8 Å². The molecule has 5 nitrogen and oxygen atoms in total. The third-order valence-corrected chi connectivity index (χ3v) is 8.75. The average Bonchev–Trinajstić information content (AvgIpc) is 3.52. The molecule has 0 saturated carbocycles. The molecule has 47 heavy (non-hydrogen) atoms. The molecule has 238 valence electrons. The molecule has 0 atom stereocenters. The zero-order valence-corrected chi connectivity index (χ0v) is 30.2. The summed E-state index contributed by atoms with van der Waals surface area (Å²) in [6.45, 7) is 15.1. The summed E-state index contributed by atoms with van der Waals surface area (Å²) in [5, 5.41) is 7.27. The van der Waals surface area contributed by atoms with Crippen LogP contribution >= 0.6 is 0 Å². The first kappa shape index (κ1) is 32.5. The van der Waals surface area contributed by atoms with Crippen molar-refractivity contribution >= 4 is 21.8 Å². The Hall–Kier alpha value is -4.47. The molecule has 0 radical (unpaired) electrons. The minimum Gasteiger partial charge on any atom is -0.509 e. The van der Waals surface area contributed by atoms with Gasteiger partial charge in [0.25, 0.3) is 0 Å². The van der Waals surface area contributed by atoms with Crippen LogP contribution in [0.4, 0.5) is 0 Å². The average molecular weight is 798 g/mol. The fraction of sp³-hybridized carbons (Fsp3) is 0.220. The van der Waals surface area contributed by atoms with Crippen molar-refractivity contribution in [3.05, 3.63) is 131 Å². The molecular formula is C41H38N4OPt. The molecule has 0 aliphatic carbocycles. The van der Waals surface area contributed by atoms with E-state index >= 15 is 0 Å². The van der Waals surface area contributed by atoms with Gasteiger partial charge in [0.15, 0.2) is 0 Å². The van der Waals surface area contributed by atoms with Crippen molar-refractivity contribution in [2.24, 2.45) is 0 Å². The molecule has 0 amide bonds. The maximum absolute atomic E-state index is 6.62. The molecule has 0 N–H and O–H groups in total. The van der Waals surface area contributed by atoms with Crippen molar-refractivity contribution in [2.45, 2.75) is 60.3 Å². The Kier molecular flexibility index (Phi) is 8.72. The Balaban J connectivity index is 0.00000386. The van der Waals surface area contributed by atoms with E-state index in [0.717, 1.165) is 68.0 Å². The summed E-state index contributed by atoms with van der Waals surface area (Å²) in [7, 11) is 0. The number of nitrogens with zero attached hydrogens (tertiary/aromatic N) is 4. The van der Waals surface area contributed by atoms with Crippen LogP contribution in [0.15, 0.2) is 91.1 Å². The second-order valence-corrected chi connectivity index (χ2v) is 13.1. The van der Waals surface area contributed by atoms with Crippen LogP contribution in [0.2, 0.25) is 0 Å². The number of aryl methyl sites for hydroxylation is 3. The van der Waals surface area contributed by atoms with Gasteiger partial charge in [0, 0.05) is 34.5 Å². The summed E-state index contributed by atoms with van der Waals surface area (Å²) in [5.41, 5.74) is 10.7. The molecule has 4 aromatic carbocycles. The Bertz CT molecular complexity index is 2240. The van der Waals surface area contributed by atoms with Gasteiger partial charge in [-0.05, 0) is 78.6 Å². The minimum absolute atomic E-state index is 0. The fourth-order valence-electron chi connectivity index (χ4n) is 6.28. The second-order valence-electron chi connectivity index (χ2n) is 13.1. The van der Waals surface area contributed by atoms with Crippen LogP contribution in [0.1, 0.15) is 55.8 Å². The fourth-order valence-corrected chi connectivity index (χ4v) is 6.28. The number of aromatic nitrogens is 4. The molecule has 0 aliphatic heterocycles. The quantitative estimate of drug-likeness (QED) is 0.158. The van der Waals surface area contributed by atoms with Gasteiger partial charge in [-0.2, -0.15) is 11.2 Å². The van der Waals surface area contributed by atoms with Crippen LogP contribution in [0, 0.1) is 32.9 Å². The number of fused-ring (bicyclic) bond motifs is 3. The van der Waals surface area contributed by atoms with Crippen molar-refractivity contribution in [1.82, 2.24) is 19.3 Å². The van der Waals surface area contributed by atoms with E-state index in [-0.39, 0.29) is 26.5 Å². The predicted octanol–water partition coefficient (Wildman–Crippen LogP) is 10.2. The van der Waals surface area contributed by atoms with Gasteiger partial charge >= 0.3 is 21.1 Å². The number of rotatable bonds is 6. The number of hydrogen-bond acceptors (Lipinski definition) is 3. The monoisotopic (exact) mass is 797 g/mol. The van der Waals surface area contributed by atoms with Crippen molar-refractivity contribution in [3.63, 3.8) is 0 Å². The smallest absolute Gasteiger partial charge is 0.509 e. The van der Waals surface area contributed by atoms with Crippen LogP contribution < -0.4 is 4.74 Å². The van der Waals surface area contributed by atoms with Gasteiger partial charge in [0.05, 0.1) is 5.69 Å². The van der Waals surface area contributed by atoms with Gasteiger partial charge < -0.3 is 9.30 Å². The molecule has 6 heteroatoms. The standard InChI is InChI=1S/C41H38N4O.Pt/c1-8-29-14-17-37-36(21-29)35-16-15-33(25-38(35)44(37)39-20-26(2)18-19-42-39)46-34-23-31(41(5,6)7)22-32(24-34)45-28(4)40(27(3)43-45)30-12-10-9-11-13-30;/h9-23H,8H2,1-7H3;/q-2;+2. The van der Waals surface area contributed by atoms with E-state index in [1.54, 1.807) is 0 Å². The summed E-state index contributed by atoms with van der Waals surface area (Å²) in [5.74, 6) is 2.10. The van der Waals surface area contributed by atoms with Crippen LogP contribution in [-0.4, -0.2) is 19.3 Å². The largest absolute Gasteiger partial charge is 2.00 e. The second kappa shape index (κ2) is 12.6. The molecular weight excluding hydrogens is 760 g/mol. The molecule has 0 unspecified atom stereocenters. The van der Waals surface area contributed by atoms with Gasteiger partial charge in [-0.1, -0.05) is 75.7 Å². The number of pyridine rings is 1. The number of ether oxygens (including phenoxy) is 1. The van der Waals surface area contributed by atoms with E-state index in [4.69, 9.17) is 14.8 Å². The van der Waals surface area contributed by atoms with Crippen molar-refractivity contribution in [1.29, 1.82) is 0 Å². The Morgan fingerprint density at radius 3 is 2.32 bits per heavy atom. The first-order chi connectivity index (χ1) is 22.1. The normalized spacial score (nSPS) is 11.6. The molecule has 0 spiro atoms. The van der Waals surface area contributed by atoms with Gasteiger partial charge in [-0.25, -0.2) is 4.98 Å². The molecule has 3 heterocycles. The molecule has 0 fully saturated rings. The molecule has 3 aromatic heterocycles. The van der Waals surface area contributed by atoms with Crippen LogP contribution in [0.3, 0.4) is 0 Å². The first-order valence-electron chi connectivity index (χ1n) is 15.9. The van der Waals surface area contributed by atoms with Crippen molar-refractivity contribution in [3.8, 4) is 34.1 Å². The van der Waals surface area contributed by atoms with E-state index in [1.165, 1.54) is 10.9 Å². The van der Waals surface area contributed by atoms with Crippen LogP contribution in [0.25, 0.3) is 44.4 Å². The van der Waals surface area contributed by atoms with Crippen LogP contribution in [0.5, 0.6) is 11.5 Å². The third kappa shape index (κ3) is 6.05. The van der Waals surface area contributed by atoms with Gasteiger partial charge in [-0.15, -0.1) is 41.3 Å². The maximum Gasteiger partial charge on any atom is 2.00 e. The SMILES string of the molecule is CCc1ccc2c(c1)c1ccc(Oc3[c-]c(-n4nc(C)c(-c5ccccc5)c4C)cc(C(C)(C)C)c3)[c-]c1n2-c1cc(C)ccn1.[Pt+2]. The van der Waals surface area contributed by atoms with Crippen molar-refractivity contribution in [2.75, 3.05) is 0 Å². The topological polar surface area (TPSA) is 44.9 Å². The Labute approximate surface area is 291 Å². The Morgan fingerprint density at radius 1 is 0.809 bits per heavy atom. The van der Waals surface area contributed by atoms with Gasteiger partial charge in [-0.3, -0.25) is 4.68 Å². The first-order valence-corrected chi connectivity index (χ1v) is 15.9. The van der Waals surface area contributed by atoms with Crippen LogP contribution in [-0.2, 0) is 32.9 Å². The van der Waals surface area contributed by atoms with E-state index < -0.39 is 0 Å². The van der Waals surface area contributed by atoms with Gasteiger partial charge in [0.2, 0.25) is 0 Å². The predicted molar refractivity (Wildman–Crippen MR) is 188 cm³/mol. The third-order valence-electron chi connectivity index (χ3n) is 8.75. The molecule has 7 aromatic rings. The maximum atomic E-state index is 6.62. The number of benzene rings is 4.